The monoisotopic (exact) mass is 353 g/mol. The van der Waals surface area contributed by atoms with E-state index in [1.165, 1.54) is 11.2 Å². The minimum atomic E-state index is -0.217. The molecule has 0 saturated heterocycles. The number of rotatable bonds is 8. The maximum Gasteiger partial charge on any atom is 0.287 e. The summed E-state index contributed by atoms with van der Waals surface area (Å²) in [6, 6.07) is 21.4. The zero-order chi connectivity index (χ0) is 17.3. The standard InChI is InChI=1S/C20H19NO3S/c22-20(21-12-14-25-18-9-5-2-6-10-18)19-16(11-13-23-19)15-24-17-7-3-1-4-8-17/h1-11,13H,12,14-15H2,(H,21,22). The quantitative estimate of drug-likeness (QED) is 0.482. The zero-order valence-corrected chi connectivity index (χ0v) is 14.5. The van der Waals surface area contributed by atoms with Crippen LogP contribution in [0.5, 0.6) is 5.75 Å². The van der Waals surface area contributed by atoms with Crippen LogP contribution in [0.1, 0.15) is 16.1 Å². The molecule has 0 unspecified atom stereocenters. The highest BCUT2D eigenvalue weighted by Crippen LogP contribution is 2.17. The van der Waals surface area contributed by atoms with Gasteiger partial charge in [-0.15, -0.1) is 11.8 Å². The van der Waals surface area contributed by atoms with E-state index in [1.807, 2.05) is 48.5 Å². The van der Waals surface area contributed by atoms with Crippen LogP contribution in [-0.4, -0.2) is 18.2 Å². The van der Waals surface area contributed by atoms with Crippen molar-refractivity contribution in [2.24, 2.45) is 0 Å². The van der Waals surface area contributed by atoms with Crippen molar-refractivity contribution in [3.8, 4) is 5.75 Å². The molecule has 0 fully saturated rings. The predicted molar refractivity (Wildman–Crippen MR) is 99.0 cm³/mol. The van der Waals surface area contributed by atoms with Gasteiger partial charge in [0.1, 0.15) is 12.4 Å². The van der Waals surface area contributed by atoms with Crippen LogP contribution in [0.15, 0.2) is 82.3 Å². The minimum absolute atomic E-state index is 0.217. The Bertz CT molecular complexity index is 787. The fourth-order valence-corrected chi connectivity index (χ4v) is 3.05. The average molecular weight is 353 g/mol. The molecule has 0 aliphatic carbocycles. The fourth-order valence-electron chi connectivity index (χ4n) is 2.26. The van der Waals surface area contributed by atoms with Crippen LogP contribution in [0.3, 0.4) is 0 Å². The number of thioether (sulfide) groups is 1. The van der Waals surface area contributed by atoms with E-state index < -0.39 is 0 Å². The van der Waals surface area contributed by atoms with Gasteiger partial charge in [-0.25, -0.2) is 0 Å². The molecule has 0 bridgehead atoms. The summed E-state index contributed by atoms with van der Waals surface area (Å²) < 4.78 is 11.0. The van der Waals surface area contributed by atoms with Crippen LogP contribution in [0.25, 0.3) is 0 Å². The number of carbonyl (C=O) groups excluding carboxylic acids is 1. The molecule has 0 saturated carbocycles. The SMILES string of the molecule is O=C(NCCSc1ccccc1)c1occc1COc1ccccc1. The Morgan fingerprint density at radius 3 is 2.48 bits per heavy atom. The van der Waals surface area contributed by atoms with Gasteiger partial charge < -0.3 is 14.5 Å². The Balaban J connectivity index is 1.47. The molecule has 1 amide bonds. The Morgan fingerprint density at radius 1 is 1.00 bits per heavy atom. The summed E-state index contributed by atoms with van der Waals surface area (Å²) in [5.41, 5.74) is 0.733. The van der Waals surface area contributed by atoms with Gasteiger partial charge in [0, 0.05) is 22.8 Å². The second-order valence-electron chi connectivity index (χ2n) is 5.29. The molecule has 3 aromatic rings. The van der Waals surface area contributed by atoms with E-state index >= 15 is 0 Å². The first kappa shape index (κ1) is 17.2. The van der Waals surface area contributed by atoms with Crippen molar-refractivity contribution in [2.75, 3.05) is 12.3 Å². The van der Waals surface area contributed by atoms with Gasteiger partial charge in [-0.1, -0.05) is 36.4 Å². The number of nitrogens with one attached hydrogen (secondary N) is 1. The third kappa shape index (κ3) is 5.16. The third-order valence-electron chi connectivity index (χ3n) is 3.49. The van der Waals surface area contributed by atoms with Crippen LogP contribution in [0, 0.1) is 0 Å². The van der Waals surface area contributed by atoms with Crippen molar-refractivity contribution in [2.45, 2.75) is 11.5 Å². The molecule has 0 atom stereocenters. The molecule has 1 aromatic heterocycles. The van der Waals surface area contributed by atoms with E-state index in [-0.39, 0.29) is 5.91 Å². The molecule has 25 heavy (non-hydrogen) atoms. The van der Waals surface area contributed by atoms with Crippen LogP contribution in [0.4, 0.5) is 0 Å². The Morgan fingerprint density at radius 2 is 1.72 bits per heavy atom. The van der Waals surface area contributed by atoms with E-state index in [0.717, 1.165) is 17.1 Å². The van der Waals surface area contributed by atoms with Crippen molar-refractivity contribution in [3.05, 3.63) is 84.3 Å². The van der Waals surface area contributed by atoms with Gasteiger partial charge in [0.2, 0.25) is 0 Å². The number of benzene rings is 2. The van der Waals surface area contributed by atoms with Crippen LogP contribution in [-0.2, 0) is 6.61 Å². The average Bonchev–Trinajstić information content (AvgIpc) is 3.14. The molecular weight excluding hydrogens is 334 g/mol. The second-order valence-corrected chi connectivity index (χ2v) is 6.46. The lowest BCUT2D eigenvalue weighted by Crippen LogP contribution is -2.26. The molecule has 2 aromatic carbocycles. The number of furan rings is 1. The first-order valence-corrected chi connectivity index (χ1v) is 9.02. The first-order valence-electron chi connectivity index (χ1n) is 8.03. The molecule has 1 heterocycles. The normalized spacial score (nSPS) is 10.4. The highest BCUT2D eigenvalue weighted by molar-refractivity contribution is 7.99. The Hall–Kier alpha value is -2.66. The highest BCUT2D eigenvalue weighted by atomic mass is 32.2. The van der Waals surface area contributed by atoms with E-state index in [2.05, 4.69) is 17.4 Å². The number of ether oxygens (including phenoxy) is 1. The summed E-state index contributed by atoms with van der Waals surface area (Å²) in [6.45, 7) is 0.861. The van der Waals surface area contributed by atoms with Crippen molar-refractivity contribution >= 4 is 17.7 Å². The Labute approximate surface area is 151 Å². The topological polar surface area (TPSA) is 51.5 Å². The van der Waals surface area contributed by atoms with Crippen molar-refractivity contribution in [1.82, 2.24) is 5.32 Å². The maximum absolute atomic E-state index is 12.3. The van der Waals surface area contributed by atoms with Gasteiger partial charge in [-0.05, 0) is 30.3 Å². The van der Waals surface area contributed by atoms with Gasteiger partial charge >= 0.3 is 0 Å². The van der Waals surface area contributed by atoms with Crippen molar-refractivity contribution in [3.63, 3.8) is 0 Å². The summed E-state index contributed by atoms with van der Waals surface area (Å²) >= 11 is 1.70. The molecule has 0 aliphatic rings. The molecule has 0 radical (unpaired) electrons. The van der Waals surface area contributed by atoms with E-state index in [9.17, 15) is 4.79 Å². The lowest BCUT2D eigenvalue weighted by molar-refractivity contribution is 0.0925. The fraction of sp³-hybridized carbons (Fsp3) is 0.150. The van der Waals surface area contributed by atoms with Gasteiger partial charge in [0.25, 0.3) is 5.91 Å². The van der Waals surface area contributed by atoms with E-state index in [1.54, 1.807) is 17.8 Å². The Kier molecular flexibility index (Phi) is 6.17. The smallest absolute Gasteiger partial charge is 0.287 e. The summed E-state index contributed by atoms with van der Waals surface area (Å²) in [6.07, 6.45) is 1.51. The molecule has 3 rings (SSSR count). The number of amides is 1. The first-order chi connectivity index (χ1) is 12.3. The molecule has 0 spiro atoms. The minimum Gasteiger partial charge on any atom is -0.489 e. The number of para-hydroxylation sites is 1. The summed E-state index contributed by atoms with van der Waals surface area (Å²) in [7, 11) is 0. The van der Waals surface area contributed by atoms with Gasteiger partial charge in [-0.3, -0.25) is 4.79 Å². The molecule has 5 heteroatoms. The van der Waals surface area contributed by atoms with E-state index in [0.29, 0.717) is 18.9 Å². The molecule has 0 aliphatic heterocycles. The van der Waals surface area contributed by atoms with Gasteiger partial charge in [0.05, 0.1) is 6.26 Å². The molecule has 4 nitrogen and oxygen atoms in total. The number of hydrogen-bond acceptors (Lipinski definition) is 4. The highest BCUT2D eigenvalue weighted by Gasteiger charge is 2.15. The molecular formula is C20H19NO3S. The lowest BCUT2D eigenvalue weighted by atomic mass is 10.2. The van der Waals surface area contributed by atoms with Crippen molar-refractivity contribution in [1.29, 1.82) is 0 Å². The third-order valence-corrected chi connectivity index (χ3v) is 4.50. The predicted octanol–water partition coefficient (Wildman–Crippen LogP) is 4.38. The number of hydrogen-bond donors (Lipinski definition) is 1. The van der Waals surface area contributed by atoms with E-state index in [4.69, 9.17) is 9.15 Å². The summed E-state index contributed by atoms with van der Waals surface area (Å²) in [5, 5.41) is 2.88. The summed E-state index contributed by atoms with van der Waals surface area (Å²) in [4.78, 5) is 13.5. The van der Waals surface area contributed by atoms with Crippen LogP contribution in [0.2, 0.25) is 0 Å². The lowest BCUT2D eigenvalue weighted by Gasteiger charge is -2.07. The van der Waals surface area contributed by atoms with Gasteiger partial charge in [-0.2, -0.15) is 0 Å². The largest absolute Gasteiger partial charge is 0.489 e. The maximum atomic E-state index is 12.3. The van der Waals surface area contributed by atoms with Crippen LogP contribution < -0.4 is 10.1 Å². The van der Waals surface area contributed by atoms with Gasteiger partial charge in [0.15, 0.2) is 5.76 Å². The van der Waals surface area contributed by atoms with Crippen molar-refractivity contribution < 1.29 is 13.9 Å². The molecule has 128 valence electrons. The second kappa shape index (κ2) is 8.99. The molecule has 1 N–H and O–H groups in total. The van der Waals surface area contributed by atoms with Crippen LogP contribution >= 0.6 is 11.8 Å². The summed E-state index contributed by atoms with van der Waals surface area (Å²) in [5.74, 6) is 1.65. The number of carbonyl (C=O) groups is 1. The zero-order valence-electron chi connectivity index (χ0n) is 13.7.